The van der Waals surface area contributed by atoms with Crippen LogP contribution in [0.15, 0.2) is 48.5 Å². The lowest BCUT2D eigenvalue weighted by molar-refractivity contribution is 0.415. The summed E-state index contributed by atoms with van der Waals surface area (Å²) in [6, 6.07) is 14.6. The Balaban J connectivity index is 0.000000180. The van der Waals surface area contributed by atoms with Crippen LogP contribution in [0.3, 0.4) is 0 Å². The summed E-state index contributed by atoms with van der Waals surface area (Å²) in [5.74, 6) is 1.64. The third-order valence-electron chi connectivity index (χ3n) is 2.21. The van der Waals surface area contributed by atoms with Gasteiger partial charge in [-0.05, 0) is 36.4 Å². The lowest BCUT2D eigenvalue weighted by Crippen LogP contribution is -1.86. The fraction of sp³-hybridized carbons (Fsp3) is 0.143. The Morgan fingerprint density at radius 3 is 1.78 bits per heavy atom. The minimum absolute atomic E-state index is 0.731. The molecule has 0 heterocycles. The van der Waals surface area contributed by atoms with Crippen molar-refractivity contribution in [2.45, 2.75) is 0 Å². The summed E-state index contributed by atoms with van der Waals surface area (Å²) < 4.78 is 9.83. The summed E-state index contributed by atoms with van der Waals surface area (Å²) in [6.07, 6.45) is 0. The van der Waals surface area contributed by atoms with Gasteiger partial charge in [0.15, 0.2) is 0 Å². The van der Waals surface area contributed by atoms with E-state index in [1.807, 2.05) is 30.3 Å². The van der Waals surface area contributed by atoms with Crippen molar-refractivity contribution in [2.75, 3.05) is 25.7 Å². The molecular weight excluding hydrogens is 228 g/mol. The smallest absolute Gasteiger partial charge is 0.120 e. The lowest BCUT2D eigenvalue weighted by Gasteiger charge is -1.97. The second kappa shape index (κ2) is 7.06. The SMILES string of the molecule is COc1ccc(N)cc1.COc1cccc(N)c1. The largest absolute Gasteiger partial charge is 0.497 e. The zero-order chi connectivity index (χ0) is 13.4. The molecule has 0 aliphatic rings. The molecule has 4 nitrogen and oxygen atoms in total. The Hall–Kier alpha value is -2.36. The molecule has 0 saturated heterocycles. The van der Waals surface area contributed by atoms with E-state index in [1.165, 1.54) is 0 Å². The van der Waals surface area contributed by atoms with E-state index < -0.39 is 0 Å². The van der Waals surface area contributed by atoms with Crippen LogP contribution in [0.25, 0.3) is 0 Å². The summed E-state index contributed by atoms with van der Waals surface area (Å²) in [6.45, 7) is 0. The van der Waals surface area contributed by atoms with E-state index in [-0.39, 0.29) is 0 Å². The van der Waals surface area contributed by atoms with E-state index in [0.717, 1.165) is 22.9 Å². The number of hydrogen-bond acceptors (Lipinski definition) is 4. The van der Waals surface area contributed by atoms with Crippen molar-refractivity contribution in [2.24, 2.45) is 0 Å². The number of hydrogen-bond donors (Lipinski definition) is 2. The summed E-state index contributed by atoms with van der Waals surface area (Å²) in [7, 11) is 3.25. The minimum Gasteiger partial charge on any atom is -0.497 e. The fourth-order valence-electron chi connectivity index (χ4n) is 1.25. The maximum Gasteiger partial charge on any atom is 0.120 e. The Bertz CT molecular complexity index is 469. The van der Waals surface area contributed by atoms with Crippen LogP contribution in [0.5, 0.6) is 11.5 Å². The van der Waals surface area contributed by atoms with Gasteiger partial charge in [0.2, 0.25) is 0 Å². The van der Waals surface area contributed by atoms with Crippen LogP contribution in [0.2, 0.25) is 0 Å². The molecule has 0 radical (unpaired) electrons. The molecule has 2 aromatic rings. The molecule has 0 atom stereocenters. The summed E-state index contributed by atoms with van der Waals surface area (Å²) >= 11 is 0. The van der Waals surface area contributed by atoms with Crippen LogP contribution in [-0.2, 0) is 0 Å². The molecule has 0 aromatic heterocycles. The van der Waals surface area contributed by atoms with Crippen LogP contribution in [-0.4, -0.2) is 14.2 Å². The van der Waals surface area contributed by atoms with Gasteiger partial charge in [-0.1, -0.05) is 6.07 Å². The third kappa shape index (κ3) is 4.65. The van der Waals surface area contributed by atoms with E-state index in [0.29, 0.717) is 0 Å². The van der Waals surface area contributed by atoms with Crippen LogP contribution >= 0.6 is 0 Å². The van der Waals surface area contributed by atoms with Crippen molar-refractivity contribution in [3.05, 3.63) is 48.5 Å². The highest BCUT2D eigenvalue weighted by Gasteiger charge is 1.87. The Morgan fingerprint density at radius 1 is 0.722 bits per heavy atom. The van der Waals surface area contributed by atoms with Crippen molar-refractivity contribution in [1.29, 1.82) is 0 Å². The summed E-state index contributed by atoms with van der Waals surface area (Å²) in [5.41, 5.74) is 12.4. The first-order valence-corrected chi connectivity index (χ1v) is 5.44. The van der Waals surface area contributed by atoms with Crippen LogP contribution < -0.4 is 20.9 Å². The number of ether oxygens (including phenoxy) is 2. The van der Waals surface area contributed by atoms with Crippen molar-refractivity contribution < 1.29 is 9.47 Å². The predicted molar refractivity (Wildman–Crippen MR) is 74.8 cm³/mol. The molecule has 0 bridgehead atoms. The Labute approximate surface area is 107 Å². The number of methoxy groups -OCH3 is 2. The van der Waals surface area contributed by atoms with E-state index >= 15 is 0 Å². The van der Waals surface area contributed by atoms with Gasteiger partial charge in [0, 0.05) is 17.4 Å². The van der Waals surface area contributed by atoms with Crippen molar-refractivity contribution in [1.82, 2.24) is 0 Å². The van der Waals surface area contributed by atoms with Crippen LogP contribution in [0.1, 0.15) is 0 Å². The first kappa shape index (κ1) is 13.7. The molecule has 0 spiro atoms. The average molecular weight is 246 g/mol. The second-order valence-corrected chi connectivity index (χ2v) is 3.55. The molecule has 0 aliphatic heterocycles. The molecule has 4 N–H and O–H groups in total. The van der Waals surface area contributed by atoms with E-state index in [2.05, 4.69) is 0 Å². The normalized spacial score (nSPS) is 9.00. The highest BCUT2D eigenvalue weighted by atomic mass is 16.5. The van der Waals surface area contributed by atoms with Crippen LogP contribution in [0, 0.1) is 0 Å². The topological polar surface area (TPSA) is 70.5 Å². The van der Waals surface area contributed by atoms with Crippen molar-refractivity contribution in [3.8, 4) is 11.5 Å². The van der Waals surface area contributed by atoms with E-state index in [4.69, 9.17) is 20.9 Å². The highest BCUT2D eigenvalue weighted by Crippen LogP contribution is 2.13. The van der Waals surface area contributed by atoms with Gasteiger partial charge in [-0.3, -0.25) is 0 Å². The number of anilines is 2. The summed E-state index contributed by atoms with van der Waals surface area (Å²) in [4.78, 5) is 0. The number of nitrogen functional groups attached to an aromatic ring is 2. The molecule has 2 aromatic carbocycles. The molecule has 0 aliphatic carbocycles. The Morgan fingerprint density at radius 2 is 1.33 bits per heavy atom. The molecule has 0 amide bonds. The first-order chi connectivity index (χ1) is 8.65. The van der Waals surface area contributed by atoms with E-state index in [9.17, 15) is 0 Å². The van der Waals surface area contributed by atoms with Gasteiger partial charge in [0.1, 0.15) is 11.5 Å². The molecule has 2 rings (SSSR count). The average Bonchev–Trinajstić information content (AvgIpc) is 2.40. The van der Waals surface area contributed by atoms with Gasteiger partial charge in [-0.2, -0.15) is 0 Å². The lowest BCUT2D eigenvalue weighted by atomic mass is 10.3. The maximum absolute atomic E-state index is 5.45. The first-order valence-electron chi connectivity index (χ1n) is 5.44. The van der Waals surface area contributed by atoms with Gasteiger partial charge < -0.3 is 20.9 Å². The molecule has 4 heteroatoms. The third-order valence-corrected chi connectivity index (χ3v) is 2.21. The minimum atomic E-state index is 0.731. The fourth-order valence-corrected chi connectivity index (χ4v) is 1.25. The second-order valence-electron chi connectivity index (χ2n) is 3.55. The van der Waals surface area contributed by atoms with Gasteiger partial charge in [-0.15, -0.1) is 0 Å². The van der Waals surface area contributed by atoms with Gasteiger partial charge >= 0.3 is 0 Å². The molecular formula is C14H18N2O2. The highest BCUT2D eigenvalue weighted by molar-refractivity contribution is 5.43. The molecule has 96 valence electrons. The number of rotatable bonds is 2. The molecule has 18 heavy (non-hydrogen) atoms. The number of benzene rings is 2. The molecule has 0 saturated carbocycles. The monoisotopic (exact) mass is 246 g/mol. The van der Waals surface area contributed by atoms with Crippen LogP contribution in [0.4, 0.5) is 11.4 Å². The van der Waals surface area contributed by atoms with Crippen molar-refractivity contribution >= 4 is 11.4 Å². The van der Waals surface area contributed by atoms with Gasteiger partial charge in [0.05, 0.1) is 14.2 Å². The number of nitrogens with two attached hydrogens (primary N) is 2. The standard InChI is InChI=1S/2C7H9NO/c1-9-7-4-2-6(8)3-5-7;1-9-7-4-2-3-6(8)5-7/h2*2-5H,8H2,1H3. The predicted octanol–water partition coefficient (Wildman–Crippen LogP) is 2.55. The van der Waals surface area contributed by atoms with Crippen molar-refractivity contribution in [3.63, 3.8) is 0 Å². The maximum atomic E-state index is 5.45. The molecule has 0 fully saturated rings. The Kier molecular flexibility index (Phi) is 5.38. The zero-order valence-corrected chi connectivity index (χ0v) is 10.6. The van der Waals surface area contributed by atoms with Gasteiger partial charge in [0.25, 0.3) is 0 Å². The zero-order valence-electron chi connectivity index (χ0n) is 10.6. The van der Waals surface area contributed by atoms with E-state index in [1.54, 1.807) is 32.4 Å². The van der Waals surface area contributed by atoms with Gasteiger partial charge in [-0.25, -0.2) is 0 Å². The molecule has 0 unspecified atom stereocenters. The quantitative estimate of drug-likeness (QED) is 0.799. The summed E-state index contributed by atoms with van der Waals surface area (Å²) in [5, 5.41) is 0.